The molecule has 0 spiro atoms. The number of unbranched alkanes of at least 4 members (excludes halogenated alkanes) is 3. The lowest BCUT2D eigenvalue weighted by Gasteiger charge is -1.95. The average Bonchev–Trinajstić information content (AvgIpc) is 2.29. The van der Waals surface area contributed by atoms with Crippen LogP contribution in [0, 0.1) is 11.8 Å². The second-order valence-corrected chi connectivity index (χ2v) is 3.17. The van der Waals surface area contributed by atoms with Crippen LogP contribution in [0.25, 0.3) is 0 Å². The molecular weight excluding hydrogens is 172 g/mol. The number of rotatable bonds is 5. The molecule has 2 heteroatoms. The van der Waals surface area contributed by atoms with Gasteiger partial charge in [-0.3, -0.25) is 0 Å². The minimum Gasteiger partial charge on any atom is -0.512 e. The van der Waals surface area contributed by atoms with Crippen molar-refractivity contribution >= 4 is 0 Å². The molecule has 76 valence electrons. The van der Waals surface area contributed by atoms with E-state index in [9.17, 15) is 0 Å². The fourth-order valence-electron chi connectivity index (χ4n) is 1.30. The molecule has 0 bridgehead atoms. The van der Waals surface area contributed by atoms with Crippen molar-refractivity contribution < 1.29 is 4.57 Å². The molecule has 0 atom stereocenters. The quantitative estimate of drug-likeness (QED) is 0.398. The maximum Gasteiger partial charge on any atom is 0.168 e. The topological polar surface area (TPSA) is 27.7 Å². The van der Waals surface area contributed by atoms with Crippen LogP contribution >= 0.6 is 0 Å². The summed E-state index contributed by atoms with van der Waals surface area (Å²) >= 11 is 0. The highest BCUT2D eigenvalue weighted by Gasteiger charge is 1.95. The highest BCUT2D eigenvalue weighted by Crippen LogP contribution is 1.97. The Morgan fingerprint density at radius 3 is 2.21 bits per heavy atom. The summed E-state index contributed by atoms with van der Waals surface area (Å²) in [5.74, 6) is 0. The van der Waals surface area contributed by atoms with Gasteiger partial charge in [0.2, 0.25) is 0 Å². The van der Waals surface area contributed by atoms with E-state index in [1.54, 1.807) is 0 Å². The summed E-state index contributed by atoms with van der Waals surface area (Å²) in [5.41, 5.74) is 0. The van der Waals surface area contributed by atoms with Crippen molar-refractivity contribution in [1.29, 1.82) is 5.26 Å². The number of hydrogen-bond donors (Lipinski definition) is 0. The molecule has 1 aromatic heterocycles. The van der Waals surface area contributed by atoms with Crippen LogP contribution in [0.15, 0.2) is 30.6 Å². The monoisotopic (exact) mass is 190 g/mol. The smallest absolute Gasteiger partial charge is 0.168 e. The van der Waals surface area contributed by atoms with E-state index in [1.807, 2.05) is 0 Å². The van der Waals surface area contributed by atoms with Crippen molar-refractivity contribution in [3.8, 4) is 0 Å². The zero-order valence-electron chi connectivity index (χ0n) is 8.82. The zero-order chi connectivity index (χ0) is 10.6. The Kier molecular flexibility index (Phi) is 8.78. The van der Waals surface area contributed by atoms with Crippen LogP contribution in [0.1, 0.15) is 32.6 Å². The lowest BCUT2D eigenvalue weighted by Crippen LogP contribution is -2.32. The van der Waals surface area contributed by atoms with E-state index in [0.29, 0.717) is 0 Å². The highest BCUT2D eigenvalue weighted by molar-refractivity contribution is 4.83. The molecule has 0 amide bonds. The molecule has 0 saturated heterocycles. The summed E-state index contributed by atoms with van der Waals surface area (Å²) in [6, 6.07) is 6.22. The Balaban J connectivity index is 0.000000791. The van der Waals surface area contributed by atoms with Crippen LogP contribution in [-0.4, -0.2) is 0 Å². The molecule has 0 aliphatic heterocycles. The van der Waals surface area contributed by atoms with Gasteiger partial charge in [-0.1, -0.05) is 25.8 Å². The van der Waals surface area contributed by atoms with Gasteiger partial charge in [-0.15, -0.1) is 0 Å². The van der Waals surface area contributed by atoms with Crippen LogP contribution in [0.2, 0.25) is 0 Å². The summed E-state index contributed by atoms with van der Waals surface area (Å²) in [7, 11) is 0. The number of nitrogens with zero attached hydrogens (tertiary/aromatic N) is 2. The minimum absolute atomic E-state index is 1.17. The number of aryl methyl sites for hydroxylation is 1. The lowest BCUT2D eigenvalue weighted by molar-refractivity contribution is -0.697. The lowest BCUT2D eigenvalue weighted by atomic mass is 10.2. The Morgan fingerprint density at radius 2 is 1.64 bits per heavy atom. The van der Waals surface area contributed by atoms with E-state index in [2.05, 4.69) is 42.1 Å². The molecule has 0 radical (unpaired) electrons. The standard InChI is InChI=1S/C11H18N.CN/c1-2-3-4-6-9-12-10-7-5-8-11-12;1-2/h5,7-8,10-11H,2-4,6,9H2,1H3;/q+1;-1. The Hall–Kier alpha value is -1.36. The number of pyridine rings is 1. The van der Waals surface area contributed by atoms with Crippen LogP contribution < -0.4 is 4.57 Å². The molecule has 1 rings (SSSR count). The van der Waals surface area contributed by atoms with Crippen LogP contribution in [0.5, 0.6) is 0 Å². The molecule has 0 aliphatic rings. The third-order valence-corrected chi connectivity index (χ3v) is 2.05. The molecule has 0 aliphatic carbocycles. The van der Waals surface area contributed by atoms with Crippen molar-refractivity contribution in [2.75, 3.05) is 0 Å². The second-order valence-electron chi connectivity index (χ2n) is 3.17. The van der Waals surface area contributed by atoms with Gasteiger partial charge in [-0.05, 0) is 6.42 Å². The van der Waals surface area contributed by atoms with Gasteiger partial charge in [0.25, 0.3) is 0 Å². The van der Waals surface area contributed by atoms with Crippen molar-refractivity contribution in [3.05, 3.63) is 37.2 Å². The normalized spacial score (nSPS) is 8.79. The summed E-state index contributed by atoms with van der Waals surface area (Å²) < 4.78 is 2.25. The first-order valence-electron chi connectivity index (χ1n) is 5.10. The molecule has 1 heterocycles. The molecule has 14 heavy (non-hydrogen) atoms. The highest BCUT2D eigenvalue weighted by atomic mass is 14.9. The number of aromatic nitrogens is 1. The predicted molar refractivity (Wildman–Crippen MR) is 55.7 cm³/mol. The molecular formula is C12H18N2. The molecule has 0 N–H and O–H groups in total. The molecule has 0 saturated carbocycles. The van der Waals surface area contributed by atoms with Gasteiger partial charge in [0.05, 0.1) is 0 Å². The van der Waals surface area contributed by atoms with Crippen LogP contribution in [0.3, 0.4) is 0 Å². The summed E-state index contributed by atoms with van der Waals surface area (Å²) in [6.45, 7) is 8.16. The number of hydrogen-bond acceptors (Lipinski definition) is 1. The Bertz CT molecular complexity index is 229. The summed E-state index contributed by atoms with van der Waals surface area (Å²) in [6.07, 6.45) is 9.62. The first kappa shape index (κ1) is 12.6. The van der Waals surface area contributed by atoms with E-state index < -0.39 is 0 Å². The average molecular weight is 190 g/mol. The van der Waals surface area contributed by atoms with Crippen molar-refractivity contribution in [2.24, 2.45) is 0 Å². The second kappa shape index (κ2) is 9.73. The van der Waals surface area contributed by atoms with Gasteiger partial charge in [-0.2, -0.15) is 0 Å². The van der Waals surface area contributed by atoms with E-state index in [4.69, 9.17) is 11.8 Å². The molecule has 0 aromatic carbocycles. The van der Waals surface area contributed by atoms with Crippen molar-refractivity contribution in [3.63, 3.8) is 0 Å². The summed E-state index contributed by atoms with van der Waals surface area (Å²) in [5, 5.41) is 6.25. The third-order valence-electron chi connectivity index (χ3n) is 2.05. The van der Waals surface area contributed by atoms with Crippen molar-refractivity contribution in [1.82, 2.24) is 0 Å². The third kappa shape index (κ3) is 6.19. The fraction of sp³-hybridized carbons (Fsp3) is 0.500. The van der Waals surface area contributed by atoms with Crippen LogP contribution in [-0.2, 0) is 6.54 Å². The first-order valence-corrected chi connectivity index (χ1v) is 5.10. The predicted octanol–water partition coefficient (Wildman–Crippen LogP) is 2.65. The maximum absolute atomic E-state index is 6.25. The van der Waals surface area contributed by atoms with E-state index >= 15 is 0 Å². The largest absolute Gasteiger partial charge is 0.512 e. The van der Waals surface area contributed by atoms with Gasteiger partial charge in [0, 0.05) is 18.6 Å². The molecule has 2 nitrogen and oxygen atoms in total. The molecule has 0 fully saturated rings. The van der Waals surface area contributed by atoms with Crippen LogP contribution in [0.4, 0.5) is 0 Å². The zero-order valence-corrected chi connectivity index (χ0v) is 8.82. The van der Waals surface area contributed by atoms with E-state index in [0.717, 1.165) is 0 Å². The van der Waals surface area contributed by atoms with E-state index in [-0.39, 0.29) is 0 Å². The van der Waals surface area contributed by atoms with Crippen molar-refractivity contribution in [2.45, 2.75) is 39.2 Å². The Labute approximate surface area is 86.8 Å². The fourth-order valence-corrected chi connectivity index (χ4v) is 1.30. The molecule has 1 aromatic rings. The van der Waals surface area contributed by atoms with Gasteiger partial charge < -0.3 is 11.8 Å². The Morgan fingerprint density at radius 1 is 1.00 bits per heavy atom. The molecule has 0 unspecified atom stereocenters. The SMILES string of the molecule is CCCCCC[n+]1ccccc1.[C-]#N. The van der Waals surface area contributed by atoms with E-state index in [1.165, 1.54) is 32.2 Å². The van der Waals surface area contributed by atoms with Gasteiger partial charge in [0.1, 0.15) is 6.54 Å². The minimum atomic E-state index is 1.17. The first-order chi connectivity index (χ1) is 6.93. The van der Waals surface area contributed by atoms with Gasteiger partial charge in [0.15, 0.2) is 12.4 Å². The maximum atomic E-state index is 6.25. The van der Waals surface area contributed by atoms with Gasteiger partial charge >= 0.3 is 0 Å². The van der Waals surface area contributed by atoms with Gasteiger partial charge in [-0.25, -0.2) is 4.57 Å². The summed E-state index contributed by atoms with van der Waals surface area (Å²) in [4.78, 5) is 0.